The van der Waals surface area contributed by atoms with Crippen molar-refractivity contribution in [3.8, 4) is 0 Å². The van der Waals surface area contributed by atoms with E-state index in [0.29, 0.717) is 17.3 Å². The molecule has 0 spiro atoms. The van der Waals surface area contributed by atoms with Crippen molar-refractivity contribution in [2.24, 2.45) is 0 Å². The highest BCUT2D eigenvalue weighted by Crippen LogP contribution is 2.30. The highest BCUT2D eigenvalue weighted by atomic mass is 19.4. The van der Waals surface area contributed by atoms with Crippen LogP contribution in [-0.2, 0) is 6.18 Å². The van der Waals surface area contributed by atoms with Crippen molar-refractivity contribution in [2.45, 2.75) is 32.5 Å². The number of anilines is 3. The Kier molecular flexibility index (Phi) is 4.85. The average molecular weight is 310 g/mol. The van der Waals surface area contributed by atoms with Crippen LogP contribution in [-0.4, -0.2) is 16.0 Å². The Morgan fingerprint density at radius 1 is 1.09 bits per heavy atom. The lowest BCUT2D eigenvalue weighted by atomic mass is 10.2. The number of halogens is 3. The molecule has 1 heterocycles. The van der Waals surface area contributed by atoms with Gasteiger partial charge in [0.25, 0.3) is 0 Å². The fourth-order valence-corrected chi connectivity index (χ4v) is 1.75. The van der Waals surface area contributed by atoms with Crippen molar-refractivity contribution < 1.29 is 13.2 Å². The minimum atomic E-state index is -4.33. The predicted molar refractivity (Wildman–Crippen MR) is 80.1 cm³/mol. The lowest BCUT2D eigenvalue weighted by Gasteiger charge is -2.13. The summed E-state index contributed by atoms with van der Waals surface area (Å²) in [6.45, 7) is 4.09. The Hall–Kier alpha value is -2.31. The van der Waals surface area contributed by atoms with E-state index < -0.39 is 11.7 Å². The lowest BCUT2D eigenvalue weighted by Crippen LogP contribution is -2.14. The molecule has 7 heteroatoms. The van der Waals surface area contributed by atoms with E-state index in [1.165, 1.54) is 18.5 Å². The van der Waals surface area contributed by atoms with Crippen LogP contribution in [0.25, 0.3) is 0 Å². The second-order valence-electron chi connectivity index (χ2n) is 4.94. The van der Waals surface area contributed by atoms with Gasteiger partial charge in [-0.1, -0.05) is 6.92 Å². The molecule has 2 N–H and O–H groups in total. The average Bonchev–Trinajstić information content (AvgIpc) is 2.47. The van der Waals surface area contributed by atoms with Gasteiger partial charge in [-0.2, -0.15) is 13.2 Å². The second-order valence-corrected chi connectivity index (χ2v) is 4.94. The Morgan fingerprint density at radius 3 is 2.32 bits per heavy atom. The highest BCUT2D eigenvalue weighted by Gasteiger charge is 2.29. The van der Waals surface area contributed by atoms with Crippen LogP contribution in [0.15, 0.2) is 36.7 Å². The summed E-state index contributed by atoms with van der Waals surface area (Å²) in [4.78, 5) is 8.16. The van der Waals surface area contributed by atoms with Crippen LogP contribution in [0.1, 0.15) is 25.8 Å². The summed E-state index contributed by atoms with van der Waals surface area (Å²) in [5, 5.41) is 6.16. The van der Waals surface area contributed by atoms with Crippen LogP contribution in [0, 0.1) is 0 Å². The molecule has 0 saturated carbocycles. The molecular formula is C15H17F3N4. The van der Waals surface area contributed by atoms with Gasteiger partial charge in [-0.25, -0.2) is 9.97 Å². The standard InChI is InChI=1S/C15H17F3N4/c1-3-10(2)21-13-8-14(20-9-19-13)22-12-6-4-11(5-7-12)15(16,17)18/h4-10H,3H2,1-2H3,(H2,19,20,21,22). The van der Waals surface area contributed by atoms with E-state index in [-0.39, 0.29) is 6.04 Å². The van der Waals surface area contributed by atoms with Gasteiger partial charge in [0.2, 0.25) is 0 Å². The zero-order valence-electron chi connectivity index (χ0n) is 12.3. The fourth-order valence-electron chi connectivity index (χ4n) is 1.75. The Morgan fingerprint density at radius 2 is 1.73 bits per heavy atom. The number of hydrogen-bond donors (Lipinski definition) is 2. The lowest BCUT2D eigenvalue weighted by molar-refractivity contribution is -0.137. The largest absolute Gasteiger partial charge is 0.416 e. The smallest absolute Gasteiger partial charge is 0.367 e. The molecule has 1 unspecified atom stereocenters. The van der Waals surface area contributed by atoms with Crippen molar-refractivity contribution in [3.05, 3.63) is 42.2 Å². The summed E-state index contributed by atoms with van der Waals surface area (Å²) in [6.07, 6.45) is -1.98. The van der Waals surface area contributed by atoms with Gasteiger partial charge in [-0.05, 0) is 37.6 Å². The molecule has 0 bridgehead atoms. The molecule has 1 atom stereocenters. The van der Waals surface area contributed by atoms with Gasteiger partial charge in [0.05, 0.1) is 5.56 Å². The maximum absolute atomic E-state index is 12.5. The summed E-state index contributed by atoms with van der Waals surface area (Å²) < 4.78 is 37.5. The highest BCUT2D eigenvalue weighted by molar-refractivity contribution is 5.59. The van der Waals surface area contributed by atoms with Gasteiger partial charge in [0.15, 0.2) is 0 Å². The van der Waals surface area contributed by atoms with E-state index in [1.807, 2.05) is 6.92 Å². The minimum absolute atomic E-state index is 0.272. The number of hydrogen-bond acceptors (Lipinski definition) is 4. The van der Waals surface area contributed by atoms with E-state index in [1.54, 1.807) is 6.07 Å². The molecule has 0 amide bonds. The minimum Gasteiger partial charge on any atom is -0.367 e. The van der Waals surface area contributed by atoms with Gasteiger partial charge < -0.3 is 10.6 Å². The first-order chi connectivity index (χ1) is 10.4. The molecule has 0 aliphatic carbocycles. The molecule has 0 radical (unpaired) electrons. The van der Waals surface area contributed by atoms with Crippen molar-refractivity contribution in [1.29, 1.82) is 0 Å². The van der Waals surface area contributed by atoms with Crippen LogP contribution in [0.2, 0.25) is 0 Å². The molecule has 2 rings (SSSR count). The molecule has 22 heavy (non-hydrogen) atoms. The molecule has 0 aliphatic rings. The molecule has 1 aromatic heterocycles. The van der Waals surface area contributed by atoms with Crippen LogP contribution >= 0.6 is 0 Å². The number of nitrogens with one attached hydrogen (secondary N) is 2. The Labute approximate surface area is 126 Å². The predicted octanol–water partition coefficient (Wildman–Crippen LogP) is 4.45. The van der Waals surface area contributed by atoms with Gasteiger partial charge in [0.1, 0.15) is 18.0 Å². The molecule has 0 aliphatic heterocycles. The summed E-state index contributed by atoms with van der Waals surface area (Å²) in [6, 6.07) is 6.78. The maximum atomic E-state index is 12.5. The fraction of sp³-hybridized carbons (Fsp3) is 0.333. The molecular weight excluding hydrogens is 293 g/mol. The number of rotatable bonds is 5. The third kappa shape index (κ3) is 4.34. The third-order valence-corrected chi connectivity index (χ3v) is 3.16. The third-order valence-electron chi connectivity index (χ3n) is 3.16. The van der Waals surface area contributed by atoms with Crippen molar-refractivity contribution in [1.82, 2.24) is 9.97 Å². The number of alkyl halides is 3. The quantitative estimate of drug-likeness (QED) is 0.856. The van der Waals surface area contributed by atoms with E-state index in [9.17, 15) is 13.2 Å². The summed E-state index contributed by atoms with van der Waals surface area (Å²) in [7, 11) is 0. The SMILES string of the molecule is CCC(C)Nc1cc(Nc2ccc(C(F)(F)F)cc2)ncn1. The summed E-state index contributed by atoms with van der Waals surface area (Å²) in [5.74, 6) is 1.18. The monoisotopic (exact) mass is 310 g/mol. The van der Waals surface area contributed by atoms with E-state index in [2.05, 4.69) is 27.5 Å². The molecule has 0 saturated heterocycles. The maximum Gasteiger partial charge on any atom is 0.416 e. The number of nitrogens with zero attached hydrogens (tertiary/aromatic N) is 2. The van der Waals surface area contributed by atoms with Gasteiger partial charge in [-0.3, -0.25) is 0 Å². The van der Waals surface area contributed by atoms with Crippen LogP contribution < -0.4 is 10.6 Å². The Bertz CT molecular complexity index is 611. The van der Waals surface area contributed by atoms with Crippen LogP contribution in [0.3, 0.4) is 0 Å². The Balaban J connectivity index is 2.09. The van der Waals surface area contributed by atoms with E-state index >= 15 is 0 Å². The van der Waals surface area contributed by atoms with Crippen molar-refractivity contribution >= 4 is 17.3 Å². The molecule has 0 fully saturated rings. The van der Waals surface area contributed by atoms with Crippen LogP contribution in [0.4, 0.5) is 30.5 Å². The second kappa shape index (κ2) is 6.64. The van der Waals surface area contributed by atoms with E-state index in [0.717, 1.165) is 18.6 Å². The first-order valence-electron chi connectivity index (χ1n) is 6.91. The first kappa shape index (κ1) is 16.1. The van der Waals surface area contributed by atoms with Crippen molar-refractivity contribution in [3.63, 3.8) is 0 Å². The first-order valence-corrected chi connectivity index (χ1v) is 6.91. The number of benzene rings is 1. The number of aromatic nitrogens is 2. The topological polar surface area (TPSA) is 49.8 Å². The molecule has 118 valence electrons. The van der Waals surface area contributed by atoms with Gasteiger partial charge in [0, 0.05) is 17.8 Å². The molecule has 1 aromatic carbocycles. The zero-order valence-corrected chi connectivity index (χ0v) is 12.3. The summed E-state index contributed by atoms with van der Waals surface area (Å²) >= 11 is 0. The summed E-state index contributed by atoms with van der Waals surface area (Å²) in [5.41, 5.74) is -0.152. The van der Waals surface area contributed by atoms with E-state index in [4.69, 9.17) is 0 Å². The molecule has 2 aromatic rings. The van der Waals surface area contributed by atoms with Crippen LogP contribution in [0.5, 0.6) is 0 Å². The zero-order chi connectivity index (χ0) is 16.2. The normalized spacial score (nSPS) is 12.8. The van der Waals surface area contributed by atoms with Gasteiger partial charge in [-0.15, -0.1) is 0 Å². The van der Waals surface area contributed by atoms with Gasteiger partial charge >= 0.3 is 6.18 Å². The molecule has 4 nitrogen and oxygen atoms in total. The van der Waals surface area contributed by atoms with Crippen molar-refractivity contribution in [2.75, 3.05) is 10.6 Å².